The molecule has 100 valence electrons. The Morgan fingerprint density at radius 2 is 2.05 bits per heavy atom. The van der Waals surface area contributed by atoms with Gasteiger partial charge in [0.05, 0.1) is 11.1 Å². The van der Waals surface area contributed by atoms with Crippen molar-refractivity contribution in [1.29, 1.82) is 0 Å². The Hall–Kier alpha value is -1.20. The molecule has 0 amide bonds. The molecule has 1 atom stereocenters. The first-order valence-electron chi connectivity index (χ1n) is 5.62. The fourth-order valence-electron chi connectivity index (χ4n) is 1.79. The molecule has 3 nitrogen and oxygen atoms in total. The van der Waals surface area contributed by atoms with Crippen molar-refractivity contribution in [1.82, 2.24) is 10.4 Å². The van der Waals surface area contributed by atoms with Crippen LogP contribution in [-0.4, -0.2) is 4.98 Å². The summed E-state index contributed by atoms with van der Waals surface area (Å²) in [6.07, 6.45) is 1.97. The van der Waals surface area contributed by atoms with Crippen molar-refractivity contribution < 1.29 is 4.39 Å². The van der Waals surface area contributed by atoms with Crippen molar-refractivity contribution in [2.75, 3.05) is 0 Å². The van der Waals surface area contributed by atoms with Crippen LogP contribution in [0.4, 0.5) is 4.39 Å². The maximum atomic E-state index is 13.8. The van der Waals surface area contributed by atoms with Crippen LogP contribution in [0.25, 0.3) is 0 Å². The van der Waals surface area contributed by atoms with Gasteiger partial charge in [0.1, 0.15) is 11.0 Å². The van der Waals surface area contributed by atoms with Gasteiger partial charge in [-0.05, 0) is 29.7 Å². The number of benzene rings is 1. The second kappa shape index (κ2) is 6.30. The van der Waals surface area contributed by atoms with Crippen molar-refractivity contribution in [2.24, 2.45) is 5.84 Å². The maximum absolute atomic E-state index is 13.8. The van der Waals surface area contributed by atoms with Crippen LogP contribution in [0.3, 0.4) is 0 Å². The lowest BCUT2D eigenvalue weighted by Crippen LogP contribution is -2.29. The maximum Gasteiger partial charge on any atom is 0.145 e. The SMILES string of the molecule is NNC(Cc1cccc(Cl)c1F)c1ccc(Cl)nc1. The molecule has 1 unspecified atom stereocenters. The van der Waals surface area contributed by atoms with E-state index in [9.17, 15) is 4.39 Å². The number of hydrogen-bond acceptors (Lipinski definition) is 3. The second-order valence-corrected chi connectivity index (χ2v) is 4.85. The number of hydrazine groups is 1. The van der Waals surface area contributed by atoms with Gasteiger partial charge in [-0.3, -0.25) is 11.3 Å². The van der Waals surface area contributed by atoms with Crippen LogP contribution in [0.5, 0.6) is 0 Å². The van der Waals surface area contributed by atoms with Crippen LogP contribution in [-0.2, 0) is 6.42 Å². The third-order valence-electron chi connectivity index (χ3n) is 2.81. The van der Waals surface area contributed by atoms with E-state index in [1.165, 1.54) is 6.07 Å². The van der Waals surface area contributed by atoms with E-state index in [-0.39, 0.29) is 11.1 Å². The summed E-state index contributed by atoms with van der Waals surface area (Å²) < 4.78 is 13.8. The third kappa shape index (κ3) is 3.42. The topological polar surface area (TPSA) is 50.9 Å². The minimum atomic E-state index is -0.425. The Labute approximate surface area is 120 Å². The van der Waals surface area contributed by atoms with E-state index in [1.807, 2.05) is 0 Å². The van der Waals surface area contributed by atoms with Crippen LogP contribution in [0, 0.1) is 5.82 Å². The number of halogens is 3. The van der Waals surface area contributed by atoms with Gasteiger partial charge in [-0.25, -0.2) is 9.37 Å². The van der Waals surface area contributed by atoms with Gasteiger partial charge in [-0.15, -0.1) is 0 Å². The van der Waals surface area contributed by atoms with Crippen molar-refractivity contribution >= 4 is 23.2 Å². The zero-order valence-electron chi connectivity index (χ0n) is 9.91. The van der Waals surface area contributed by atoms with E-state index in [1.54, 1.807) is 30.5 Å². The first-order valence-corrected chi connectivity index (χ1v) is 6.38. The molecule has 0 saturated heterocycles. The molecule has 6 heteroatoms. The Kier molecular flexibility index (Phi) is 4.71. The highest BCUT2D eigenvalue weighted by Crippen LogP contribution is 2.23. The molecule has 0 bridgehead atoms. The molecule has 0 aliphatic rings. The van der Waals surface area contributed by atoms with E-state index in [0.29, 0.717) is 17.1 Å². The van der Waals surface area contributed by atoms with E-state index < -0.39 is 5.82 Å². The zero-order chi connectivity index (χ0) is 13.8. The molecule has 2 aromatic rings. The normalized spacial score (nSPS) is 12.4. The molecular formula is C13H12Cl2FN3. The van der Waals surface area contributed by atoms with E-state index in [4.69, 9.17) is 29.0 Å². The van der Waals surface area contributed by atoms with Gasteiger partial charge >= 0.3 is 0 Å². The lowest BCUT2D eigenvalue weighted by molar-refractivity contribution is 0.528. The van der Waals surface area contributed by atoms with E-state index >= 15 is 0 Å². The number of pyridine rings is 1. The highest BCUT2D eigenvalue weighted by molar-refractivity contribution is 6.30. The number of rotatable bonds is 4. The molecule has 2 rings (SSSR count). The molecule has 0 aliphatic carbocycles. The van der Waals surface area contributed by atoms with Crippen LogP contribution < -0.4 is 11.3 Å². The summed E-state index contributed by atoms with van der Waals surface area (Å²) in [6, 6.07) is 8.08. The standard InChI is InChI=1S/C13H12Cl2FN3/c14-10-3-1-2-8(13(10)16)6-11(19-17)9-4-5-12(15)18-7-9/h1-5,7,11,19H,6,17H2. The Balaban J connectivity index is 2.24. The predicted molar refractivity (Wildman–Crippen MR) is 74.4 cm³/mol. The van der Waals surface area contributed by atoms with Gasteiger partial charge in [-0.1, -0.05) is 41.4 Å². The summed E-state index contributed by atoms with van der Waals surface area (Å²) in [7, 11) is 0. The smallest absolute Gasteiger partial charge is 0.145 e. The average molecular weight is 300 g/mol. The fraction of sp³-hybridized carbons (Fsp3) is 0.154. The van der Waals surface area contributed by atoms with Gasteiger partial charge < -0.3 is 0 Å². The number of aromatic nitrogens is 1. The predicted octanol–water partition coefficient (Wildman–Crippen LogP) is 3.27. The highest BCUT2D eigenvalue weighted by Gasteiger charge is 2.15. The van der Waals surface area contributed by atoms with Crippen LogP contribution >= 0.6 is 23.2 Å². The highest BCUT2D eigenvalue weighted by atomic mass is 35.5. The summed E-state index contributed by atoms with van der Waals surface area (Å²) in [5, 5.41) is 0.496. The summed E-state index contributed by atoms with van der Waals surface area (Å²) in [6.45, 7) is 0. The minimum absolute atomic E-state index is 0.0995. The molecule has 0 spiro atoms. The molecule has 0 radical (unpaired) electrons. The quantitative estimate of drug-likeness (QED) is 0.517. The summed E-state index contributed by atoms with van der Waals surface area (Å²) in [5.41, 5.74) is 3.96. The molecule has 1 aromatic heterocycles. The van der Waals surface area contributed by atoms with Crippen molar-refractivity contribution in [3.63, 3.8) is 0 Å². The number of hydrogen-bond donors (Lipinski definition) is 2. The van der Waals surface area contributed by atoms with E-state index in [0.717, 1.165) is 5.56 Å². The van der Waals surface area contributed by atoms with Gasteiger partial charge in [0, 0.05) is 6.20 Å². The number of nitrogens with one attached hydrogen (secondary N) is 1. The van der Waals surface area contributed by atoms with Crippen LogP contribution in [0.15, 0.2) is 36.5 Å². The molecule has 0 saturated carbocycles. The minimum Gasteiger partial charge on any atom is -0.271 e. The Morgan fingerprint density at radius 3 is 2.68 bits per heavy atom. The largest absolute Gasteiger partial charge is 0.271 e. The van der Waals surface area contributed by atoms with Gasteiger partial charge in [-0.2, -0.15) is 0 Å². The van der Waals surface area contributed by atoms with Crippen molar-refractivity contribution in [3.05, 3.63) is 63.6 Å². The summed E-state index contributed by atoms with van der Waals surface area (Å²) in [4.78, 5) is 3.98. The molecule has 1 heterocycles. The molecule has 19 heavy (non-hydrogen) atoms. The van der Waals surface area contributed by atoms with Crippen molar-refractivity contribution in [2.45, 2.75) is 12.5 Å². The molecule has 1 aromatic carbocycles. The van der Waals surface area contributed by atoms with Gasteiger partial charge in [0.15, 0.2) is 0 Å². The lowest BCUT2D eigenvalue weighted by Gasteiger charge is -2.16. The van der Waals surface area contributed by atoms with Crippen molar-refractivity contribution in [3.8, 4) is 0 Å². The van der Waals surface area contributed by atoms with Crippen LogP contribution in [0.2, 0.25) is 10.2 Å². The summed E-state index contributed by atoms with van der Waals surface area (Å²) >= 11 is 11.5. The second-order valence-electron chi connectivity index (χ2n) is 4.05. The monoisotopic (exact) mass is 299 g/mol. The number of nitrogens with two attached hydrogens (primary N) is 1. The average Bonchev–Trinajstić information content (AvgIpc) is 2.42. The van der Waals surface area contributed by atoms with E-state index in [2.05, 4.69) is 10.4 Å². The Morgan fingerprint density at radius 1 is 1.26 bits per heavy atom. The molecule has 0 aliphatic heterocycles. The number of nitrogens with zero attached hydrogens (tertiary/aromatic N) is 1. The fourth-order valence-corrected chi connectivity index (χ4v) is 2.10. The lowest BCUT2D eigenvalue weighted by atomic mass is 10.0. The Bertz CT molecular complexity index is 560. The molecule has 0 fully saturated rings. The van der Waals surface area contributed by atoms with Crippen LogP contribution in [0.1, 0.15) is 17.2 Å². The van der Waals surface area contributed by atoms with Gasteiger partial charge in [0.2, 0.25) is 0 Å². The zero-order valence-corrected chi connectivity index (χ0v) is 11.4. The summed E-state index contributed by atoms with van der Waals surface area (Å²) in [5.74, 6) is 5.09. The van der Waals surface area contributed by atoms with Gasteiger partial charge in [0.25, 0.3) is 0 Å². The molecular weight excluding hydrogens is 288 g/mol. The third-order valence-corrected chi connectivity index (χ3v) is 3.32. The molecule has 3 N–H and O–H groups in total. The first-order chi connectivity index (χ1) is 9.11. The first kappa shape index (κ1) is 14.2.